The fourth-order valence-corrected chi connectivity index (χ4v) is 4.92. The van der Waals surface area contributed by atoms with Crippen LogP contribution in [0.15, 0.2) is 6.07 Å². The molecule has 0 bridgehead atoms. The molecule has 0 radical (unpaired) electrons. The van der Waals surface area contributed by atoms with Crippen molar-refractivity contribution >= 4 is 28.2 Å². The molecule has 0 unspecified atom stereocenters. The minimum atomic E-state index is -0.373. The van der Waals surface area contributed by atoms with Crippen molar-refractivity contribution in [3.05, 3.63) is 33.5 Å². The Labute approximate surface area is 176 Å². The van der Waals surface area contributed by atoms with Crippen LogP contribution < -0.4 is 5.32 Å². The fourth-order valence-electron chi connectivity index (χ4n) is 3.66. The van der Waals surface area contributed by atoms with Gasteiger partial charge < -0.3 is 10.1 Å². The molecule has 8 heteroatoms. The first kappa shape index (κ1) is 21.5. The lowest BCUT2D eigenvalue weighted by molar-refractivity contribution is 0.0526. The quantitative estimate of drug-likeness (QED) is 0.717. The Bertz CT molecular complexity index is 913. The Morgan fingerprint density at radius 3 is 2.59 bits per heavy atom. The predicted octanol–water partition coefficient (Wildman–Crippen LogP) is 4.03. The third-order valence-electron chi connectivity index (χ3n) is 5.17. The van der Waals surface area contributed by atoms with E-state index in [0.29, 0.717) is 28.9 Å². The number of hydrogen-bond donors (Lipinski definition) is 1. The van der Waals surface area contributed by atoms with E-state index in [1.807, 2.05) is 25.5 Å². The summed E-state index contributed by atoms with van der Waals surface area (Å²) < 4.78 is 7.11. The summed E-state index contributed by atoms with van der Waals surface area (Å²) in [6.45, 7) is 14.1. The van der Waals surface area contributed by atoms with Crippen LogP contribution in [0.4, 0.5) is 5.00 Å². The average molecular weight is 419 g/mol. The highest BCUT2D eigenvalue weighted by Gasteiger charge is 2.30. The molecular formula is C21H30N4O3S. The van der Waals surface area contributed by atoms with Gasteiger partial charge in [-0.3, -0.25) is 14.4 Å². The molecule has 0 saturated heterocycles. The van der Waals surface area contributed by atoms with Crippen LogP contribution >= 0.6 is 11.3 Å². The molecule has 0 saturated carbocycles. The van der Waals surface area contributed by atoms with E-state index in [1.165, 1.54) is 11.3 Å². The lowest BCUT2D eigenvalue weighted by Crippen LogP contribution is -2.35. The molecule has 3 heterocycles. The van der Waals surface area contributed by atoms with Crippen LogP contribution in [0.25, 0.3) is 0 Å². The molecule has 0 aromatic carbocycles. The number of carbonyl (C=O) groups excluding carboxylic acids is 2. The van der Waals surface area contributed by atoms with E-state index < -0.39 is 0 Å². The number of fused-ring (bicyclic) bond motifs is 1. The summed E-state index contributed by atoms with van der Waals surface area (Å²) in [7, 11) is 0. The first-order valence-corrected chi connectivity index (χ1v) is 11.0. The SMILES string of the molecule is CCOC(=O)c1c(NC(=O)c2cc(C)n(C(C)C)n2)sc2c1CCN(C(C)C)C2. The molecule has 0 aliphatic carbocycles. The van der Waals surface area contributed by atoms with E-state index in [2.05, 4.69) is 29.2 Å². The molecule has 7 nitrogen and oxygen atoms in total. The molecule has 0 atom stereocenters. The molecular weight excluding hydrogens is 388 g/mol. The molecule has 0 fully saturated rings. The number of carbonyl (C=O) groups is 2. The topological polar surface area (TPSA) is 76.5 Å². The van der Waals surface area contributed by atoms with Crippen LogP contribution in [0.1, 0.15) is 77.6 Å². The van der Waals surface area contributed by atoms with Crippen molar-refractivity contribution < 1.29 is 14.3 Å². The molecule has 3 rings (SSSR count). The normalized spacial score (nSPS) is 14.3. The van der Waals surface area contributed by atoms with E-state index in [9.17, 15) is 9.59 Å². The highest BCUT2D eigenvalue weighted by atomic mass is 32.1. The molecule has 158 valence electrons. The largest absolute Gasteiger partial charge is 0.462 e. The standard InChI is InChI=1S/C21H30N4O3S/c1-7-28-21(27)18-15-8-9-24(12(2)3)11-17(15)29-20(18)22-19(26)16-10-14(6)25(23-16)13(4)5/h10,12-13H,7-9,11H2,1-6H3,(H,22,26). The lowest BCUT2D eigenvalue weighted by atomic mass is 10.0. The number of esters is 1. The van der Waals surface area contributed by atoms with Crippen LogP contribution in [-0.2, 0) is 17.7 Å². The summed E-state index contributed by atoms with van der Waals surface area (Å²) in [5.74, 6) is -0.681. The number of hydrogen-bond acceptors (Lipinski definition) is 6. The van der Waals surface area contributed by atoms with Gasteiger partial charge in [0.15, 0.2) is 5.69 Å². The molecule has 1 N–H and O–H groups in total. The van der Waals surface area contributed by atoms with Crippen molar-refractivity contribution in [2.24, 2.45) is 0 Å². The van der Waals surface area contributed by atoms with Gasteiger partial charge in [-0.05, 0) is 59.6 Å². The zero-order chi connectivity index (χ0) is 21.3. The van der Waals surface area contributed by atoms with E-state index >= 15 is 0 Å². The van der Waals surface area contributed by atoms with Gasteiger partial charge in [-0.2, -0.15) is 5.10 Å². The summed E-state index contributed by atoms with van der Waals surface area (Å²) in [6.07, 6.45) is 0.773. The second-order valence-corrected chi connectivity index (χ2v) is 9.01. The van der Waals surface area contributed by atoms with Crippen molar-refractivity contribution in [2.45, 2.75) is 66.6 Å². The van der Waals surface area contributed by atoms with Crippen LogP contribution in [0, 0.1) is 6.92 Å². The van der Waals surface area contributed by atoms with Gasteiger partial charge in [0.05, 0.1) is 12.2 Å². The van der Waals surface area contributed by atoms with Crippen molar-refractivity contribution in [3.8, 4) is 0 Å². The highest BCUT2D eigenvalue weighted by Crippen LogP contribution is 2.38. The average Bonchev–Trinajstić information content (AvgIpc) is 3.21. The number of amides is 1. The minimum absolute atomic E-state index is 0.169. The fraction of sp³-hybridized carbons (Fsp3) is 0.571. The summed E-state index contributed by atoms with van der Waals surface area (Å²) in [5.41, 5.74) is 2.78. The van der Waals surface area contributed by atoms with Gasteiger partial charge in [0.2, 0.25) is 0 Å². The summed E-state index contributed by atoms with van der Waals surface area (Å²) >= 11 is 1.47. The monoisotopic (exact) mass is 418 g/mol. The zero-order valence-corrected chi connectivity index (χ0v) is 18.9. The molecule has 2 aromatic rings. The number of anilines is 1. The minimum Gasteiger partial charge on any atom is -0.462 e. The van der Waals surface area contributed by atoms with Gasteiger partial charge in [-0.25, -0.2) is 4.79 Å². The lowest BCUT2D eigenvalue weighted by Gasteiger charge is -2.30. The second kappa shape index (κ2) is 8.67. The van der Waals surface area contributed by atoms with E-state index in [1.54, 1.807) is 13.0 Å². The van der Waals surface area contributed by atoms with Crippen LogP contribution in [0.3, 0.4) is 0 Å². The first-order chi connectivity index (χ1) is 13.7. The van der Waals surface area contributed by atoms with Crippen LogP contribution in [-0.4, -0.2) is 45.8 Å². The third-order valence-corrected chi connectivity index (χ3v) is 6.30. The van der Waals surface area contributed by atoms with Gasteiger partial charge in [0, 0.05) is 35.7 Å². The van der Waals surface area contributed by atoms with E-state index in [0.717, 1.165) is 35.6 Å². The van der Waals surface area contributed by atoms with Gasteiger partial charge >= 0.3 is 5.97 Å². The van der Waals surface area contributed by atoms with Crippen LogP contribution in [0.5, 0.6) is 0 Å². The van der Waals surface area contributed by atoms with Gasteiger partial charge in [-0.15, -0.1) is 11.3 Å². The summed E-state index contributed by atoms with van der Waals surface area (Å²) in [6, 6.07) is 2.37. The number of aromatic nitrogens is 2. The van der Waals surface area contributed by atoms with E-state index in [4.69, 9.17) is 4.74 Å². The smallest absolute Gasteiger partial charge is 0.341 e. The Hall–Kier alpha value is -2.19. The molecule has 1 aliphatic rings. The maximum absolute atomic E-state index is 12.9. The maximum atomic E-state index is 12.9. The Kier molecular flexibility index (Phi) is 6.43. The second-order valence-electron chi connectivity index (χ2n) is 7.91. The van der Waals surface area contributed by atoms with E-state index in [-0.39, 0.29) is 17.9 Å². The van der Waals surface area contributed by atoms with Crippen molar-refractivity contribution in [2.75, 3.05) is 18.5 Å². The number of aryl methyl sites for hydroxylation is 1. The highest BCUT2D eigenvalue weighted by molar-refractivity contribution is 7.17. The van der Waals surface area contributed by atoms with Crippen LogP contribution in [0.2, 0.25) is 0 Å². The predicted molar refractivity (Wildman–Crippen MR) is 115 cm³/mol. The van der Waals surface area contributed by atoms with Crippen molar-refractivity contribution in [3.63, 3.8) is 0 Å². The van der Waals surface area contributed by atoms with Gasteiger partial charge in [0.25, 0.3) is 5.91 Å². The zero-order valence-electron chi connectivity index (χ0n) is 18.0. The first-order valence-electron chi connectivity index (χ1n) is 10.2. The molecule has 0 spiro atoms. The molecule has 29 heavy (non-hydrogen) atoms. The van der Waals surface area contributed by atoms with Gasteiger partial charge in [0.1, 0.15) is 5.00 Å². The Morgan fingerprint density at radius 1 is 1.28 bits per heavy atom. The third kappa shape index (κ3) is 4.38. The molecule has 2 aromatic heterocycles. The maximum Gasteiger partial charge on any atom is 0.341 e. The molecule has 1 aliphatic heterocycles. The van der Waals surface area contributed by atoms with Gasteiger partial charge in [-0.1, -0.05) is 0 Å². The Morgan fingerprint density at radius 2 is 2.00 bits per heavy atom. The Balaban J connectivity index is 1.93. The number of ether oxygens (including phenoxy) is 1. The number of rotatable bonds is 6. The number of thiophene rings is 1. The molecule has 1 amide bonds. The van der Waals surface area contributed by atoms with Crippen molar-refractivity contribution in [1.82, 2.24) is 14.7 Å². The number of nitrogens with zero attached hydrogens (tertiary/aromatic N) is 3. The summed E-state index contributed by atoms with van der Waals surface area (Å²) in [4.78, 5) is 29.0. The summed E-state index contributed by atoms with van der Waals surface area (Å²) in [5, 5.41) is 7.91. The van der Waals surface area contributed by atoms with Crippen molar-refractivity contribution in [1.29, 1.82) is 0 Å². The number of nitrogens with one attached hydrogen (secondary N) is 1.